The molecular formula is C28H25Cl2N5O2. The highest BCUT2D eigenvalue weighted by Gasteiger charge is 2.28. The minimum absolute atomic E-state index is 0. The monoisotopic (exact) mass is 533 g/mol. The lowest BCUT2D eigenvalue weighted by Crippen LogP contribution is -2.31. The Bertz CT molecular complexity index is 1540. The van der Waals surface area contributed by atoms with Crippen molar-refractivity contribution in [1.29, 1.82) is 5.26 Å². The van der Waals surface area contributed by atoms with Crippen LogP contribution in [0.5, 0.6) is 0 Å². The molecule has 37 heavy (non-hydrogen) atoms. The Hall–Kier alpha value is -3.70. The molecule has 4 aromatic rings. The number of carboxylic acid groups (broad SMARTS) is 1. The van der Waals surface area contributed by atoms with Gasteiger partial charge >= 0.3 is 5.97 Å². The SMILES string of the molecule is CCN1C/C(=C\c2cn(CCC#N)nc2-c2ccc(Cl)cc2)c2nc3ccccc3c(C(=O)O)c2C1.Cl. The average molecular weight is 534 g/mol. The molecule has 5 rings (SSSR count). The number of benzene rings is 2. The number of hydrogen-bond donors (Lipinski definition) is 1. The first-order chi connectivity index (χ1) is 17.5. The molecule has 0 spiro atoms. The van der Waals surface area contributed by atoms with Crippen molar-refractivity contribution in [3.8, 4) is 17.3 Å². The summed E-state index contributed by atoms with van der Waals surface area (Å²) in [6.45, 7) is 4.47. The van der Waals surface area contributed by atoms with E-state index >= 15 is 0 Å². The van der Waals surface area contributed by atoms with Gasteiger partial charge in [-0.15, -0.1) is 12.4 Å². The van der Waals surface area contributed by atoms with E-state index in [1.54, 1.807) is 4.68 Å². The normalized spacial score (nSPS) is 14.2. The molecule has 0 radical (unpaired) electrons. The van der Waals surface area contributed by atoms with Gasteiger partial charge in [0, 0.05) is 46.4 Å². The molecule has 3 heterocycles. The summed E-state index contributed by atoms with van der Waals surface area (Å²) < 4.78 is 1.78. The molecule has 0 fully saturated rings. The lowest BCUT2D eigenvalue weighted by Gasteiger charge is -2.30. The number of pyridine rings is 1. The lowest BCUT2D eigenvalue weighted by molar-refractivity contribution is 0.0696. The number of hydrogen-bond acceptors (Lipinski definition) is 5. The third kappa shape index (κ3) is 5.23. The molecule has 1 aliphatic heterocycles. The van der Waals surface area contributed by atoms with Crippen LogP contribution in [0.15, 0.2) is 54.7 Å². The largest absolute Gasteiger partial charge is 0.478 e. The van der Waals surface area contributed by atoms with Gasteiger partial charge in [-0.3, -0.25) is 9.58 Å². The quantitative estimate of drug-likeness (QED) is 0.318. The summed E-state index contributed by atoms with van der Waals surface area (Å²) in [5.74, 6) is -0.951. The minimum atomic E-state index is -0.951. The number of carboxylic acids is 1. The molecule has 9 heteroatoms. The molecule has 0 bridgehead atoms. The number of nitrogens with zero attached hydrogens (tertiary/aromatic N) is 5. The minimum Gasteiger partial charge on any atom is -0.478 e. The Kier molecular flexibility index (Phi) is 7.94. The van der Waals surface area contributed by atoms with E-state index in [1.165, 1.54) is 0 Å². The number of carbonyl (C=O) groups is 1. The molecule has 1 N–H and O–H groups in total. The van der Waals surface area contributed by atoms with Gasteiger partial charge < -0.3 is 5.11 Å². The van der Waals surface area contributed by atoms with E-state index in [4.69, 9.17) is 26.9 Å². The molecule has 1 aliphatic rings. The Morgan fingerprint density at radius 2 is 1.92 bits per heavy atom. The summed E-state index contributed by atoms with van der Waals surface area (Å²) in [7, 11) is 0. The van der Waals surface area contributed by atoms with E-state index in [2.05, 4.69) is 17.9 Å². The fraction of sp³-hybridized carbons (Fsp3) is 0.214. The highest BCUT2D eigenvalue weighted by molar-refractivity contribution is 6.30. The first kappa shape index (κ1) is 26.4. The smallest absolute Gasteiger partial charge is 0.336 e. The summed E-state index contributed by atoms with van der Waals surface area (Å²) in [6.07, 6.45) is 4.32. The zero-order valence-corrected chi connectivity index (χ0v) is 21.8. The molecule has 0 amide bonds. The standard InChI is InChI=1S/C28H24ClN5O2.ClH/c1-2-33-15-19(27-23(17-33)25(28(35)36)22-6-3-4-7-24(22)31-27)14-20-16-34(13-5-12-30)32-26(20)18-8-10-21(29)11-9-18;/h3-4,6-11,14,16H,2,5,13,15,17H2,1H3,(H,35,36);1H/b19-14+;. The van der Waals surface area contributed by atoms with Gasteiger partial charge in [-0.25, -0.2) is 9.78 Å². The lowest BCUT2D eigenvalue weighted by atomic mass is 9.92. The van der Waals surface area contributed by atoms with Gasteiger partial charge in [0.2, 0.25) is 0 Å². The molecule has 2 aromatic heterocycles. The van der Waals surface area contributed by atoms with Crippen LogP contribution in [0.2, 0.25) is 5.02 Å². The number of aromatic nitrogens is 3. The van der Waals surface area contributed by atoms with Gasteiger partial charge in [0.05, 0.1) is 41.5 Å². The van der Waals surface area contributed by atoms with Gasteiger partial charge in [-0.1, -0.05) is 48.9 Å². The van der Waals surface area contributed by atoms with Crippen molar-refractivity contribution in [1.82, 2.24) is 19.7 Å². The number of nitriles is 1. The zero-order chi connectivity index (χ0) is 25.2. The van der Waals surface area contributed by atoms with Crippen LogP contribution < -0.4 is 0 Å². The predicted octanol–water partition coefficient (Wildman–Crippen LogP) is 6.16. The second-order valence-corrected chi connectivity index (χ2v) is 9.16. The number of rotatable bonds is 6. The molecular weight excluding hydrogens is 509 g/mol. The highest BCUT2D eigenvalue weighted by atomic mass is 35.5. The number of aromatic carboxylic acids is 1. The summed E-state index contributed by atoms with van der Waals surface area (Å²) in [5.41, 5.74) is 5.89. The van der Waals surface area contributed by atoms with Crippen molar-refractivity contribution in [3.05, 3.63) is 82.1 Å². The molecule has 0 aliphatic carbocycles. The van der Waals surface area contributed by atoms with Crippen LogP contribution in [0.1, 0.15) is 40.5 Å². The molecule has 0 atom stereocenters. The molecule has 0 unspecified atom stereocenters. The van der Waals surface area contributed by atoms with Crippen molar-refractivity contribution in [3.63, 3.8) is 0 Å². The molecule has 188 valence electrons. The van der Waals surface area contributed by atoms with Crippen LogP contribution in [-0.2, 0) is 13.1 Å². The van der Waals surface area contributed by atoms with Crippen LogP contribution in [0.4, 0.5) is 0 Å². The summed E-state index contributed by atoms with van der Waals surface area (Å²) in [4.78, 5) is 19.5. The van der Waals surface area contributed by atoms with Crippen molar-refractivity contribution in [2.45, 2.75) is 26.4 Å². The number of halogens is 2. The van der Waals surface area contributed by atoms with Crippen molar-refractivity contribution >= 4 is 52.5 Å². The van der Waals surface area contributed by atoms with Crippen LogP contribution >= 0.6 is 24.0 Å². The summed E-state index contributed by atoms with van der Waals surface area (Å²) in [6, 6.07) is 17.0. The molecule has 0 saturated carbocycles. The predicted molar refractivity (Wildman–Crippen MR) is 148 cm³/mol. The van der Waals surface area contributed by atoms with Crippen molar-refractivity contribution in [2.24, 2.45) is 0 Å². The zero-order valence-electron chi connectivity index (χ0n) is 20.2. The molecule has 2 aromatic carbocycles. The maximum Gasteiger partial charge on any atom is 0.336 e. The van der Waals surface area contributed by atoms with Crippen LogP contribution in [0.25, 0.3) is 33.8 Å². The first-order valence-electron chi connectivity index (χ1n) is 11.8. The third-order valence-electron chi connectivity index (χ3n) is 6.42. The fourth-order valence-corrected chi connectivity index (χ4v) is 4.82. The van der Waals surface area contributed by atoms with Gasteiger partial charge in [0.1, 0.15) is 0 Å². The Morgan fingerprint density at radius 1 is 1.16 bits per heavy atom. The van der Waals surface area contributed by atoms with Crippen LogP contribution in [0, 0.1) is 11.3 Å². The van der Waals surface area contributed by atoms with Gasteiger partial charge in [-0.05, 0) is 36.4 Å². The number of likely N-dealkylation sites (N-methyl/N-ethyl adjacent to an activating group) is 1. The Morgan fingerprint density at radius 3 is 2.62 bits per heavy atom. The van der Waals surface area contributed by atoms with Gasteiger partial charge in [0.25, 0.3) is 0 Å². The van der Waals surface area contributed by atoms with Gasteiger partial charge in [-0.2, -0.15) is 10.4 Å². The Balaban J connectivity index is 0.00000320. The second kappa shape index (κ2) is 11.1. The van der Waals surface area contributed by atoms with Crippen molar-refractivity contribution < 1.29 is 9.90 Å². The van der Waals surface area contributed by atoms with E-state index in [0.29, 0.717) is 53.2 Å². The molecule has 0 saturated heterocycles. The van der Waals surface area contributed by atoms with Crippen LogP contribution in [0.3, 0.4) is 0 Å². The fourth-order valence-electron chi connectivity index (χ4n) is 4.69. The highest BCUT2D eigenvalue weighted by Crippen LogP contribution is 2.35. The van der Waals surface area contributed by atoms with E-state index in [9.17, 15) is 9.90 Å². The Labute approximate surface area is 226 Å². The van der Waals surface area contributed by atoms with Gasteiger partial charge in [0.15, 0.2) is 0 Å². The van der Waals surface area contributed by atoms with E-state index < -0.39 is 5.97 Å². The number of para-hydroxylation sites is 1. The van der Waals surface area contributed by atoms with E-state index in [0.717, 1.165) is 34.5 Å². The number of aryl methyl sites for hydroxylation is 1. The maximum absolute atomic E-state index is 12.4. The summed E-state index contributed by atoms with van der Waals surface area (Å²) >= 11 is 6.11. The summed E-state index contributed by atoms with van der Waals surface area (Å²) in [5, 5.41) is 25.3. The first-order valence-corrected chi connectivity index (χ1v) is 12.1. The van der Waals surface area contributed by atoms with E-state index in [1.807, 2.05) is 60.8 Å². The third-order valence-corrected chi connectivity index (χ3v) is 6.68. The van der Waals surface area contributed by atoms with Crippen LogP contribution in [-0.4, -0.2) is 43.8 Å². The topological polar surface area (TPSA) is 95.0 Å². The molecule has 7 nitrogen and oxygen atoms in total. The average Bonchev–Trinajstić information content (AvgIpc) is 3.28. The number of fused-ring (bicyclic) bond motifs is 2. The van der Waals surface area contributed by atoms with E-state index in [-0.39, 0.29) is 12.4 Å². The second-order valence-electron chi connectivity index (χ2n) is 8.72. The maximum atomic E-state index is 12.4. The van der Waals surface area contributed by atoms with Crippen molar-refractivity contribution in [2.75, 3.05) is 13.1 Å².